The molecule has 0 aliphatic carbocycles. The van der Waals surface area contributed by atoms with Gasteiger partial charge in [0, 0.05) is 45.5 Å². The summed E-state index contributed by atoms with van der Waals surface area (Å²) in [4.78, 5) is 21.7. The fourth-order valence-electron chi connectivity index (χ4n) is 4.01. The van der Waals surface area contributed by atoms with Gasteiger partial charge in [0.05, 0.1) is 10.8 Å². The molecular weight excluding hydrogens is 492 g/mol. The van der Waals surface area contributed by atoms with E-state index in [0.29, 0.717) is 44.3 Å². The number of likely N-dealkylation sites (N-methyl/N-ethyl adjacent to an activating group) is 1. The molecule has 0 saturated carbocycles. The summed E-state index contributed by atoms with van der Waals surface area (Å²) in [5.74, 6) is 0.259. The minimum absolute atomic E-state index is 0.0238. The third kappa shape index (κ3) is 7.16. The second-order valence-electron chi connectivity index (χ2n) is 8.86. The van der Waals surface area contributed by atoms with Crippen LogP contribution in [-0.4, -0.2) is 78.9 Å². The fourth-order valence-corrected chi connectivity index (χ4v) is 6.13. The van der Waals surface area contributed by atoms with Gasteiger partial charge < -0.3 is 9.80 Å². The van der Waals surface area contributed by atoms with Gasteiger partial charge in [-0.3, -0.25) is 4.79 Å². The largest absolute Gasteiger partial charge is 0.337 e. The van der Waals surface area contributed by atoms with Gasteiger partial charge in [-0.1, -0.05) is 72.4 Å². The first-order valence-corrected chi connectivity index (χ1v) is 14.5. The number of carbonyl (C=O) groups is 1. The van der Waals surface area contributed by atoms with Gasteiger partial charge in [-0.2, -0.15) is 4.31 Å². The Balaban J connectivity index is 1.37. The van der Waals surface area contributed by atoms with Crippen molar-refractivity contribution in [2.75, 3.05) is 45.5 Å². The van der Waals surface area contributed by atoms with Gasteiger partial charge in [-0.05, 0) is 36.7 Å². The second-order valence-corrected chi connectivity index (χ2v) is 11.8. The highest BCUT2D eigenvalue weighted by Gasteiger charge is 2.27. The van der Waals surface area contributed by atoms with Crippen LogP contribution in [0.4, 0.5) is 0 Å². The van der Waals surface area contributed by atoms with E-state index in [1.54, 1.807) is 12.1 Å². The highest BCUT2D eigenvalue weighted by atomic mass is 32.2. The molecule has 0 bridgehead atoms. The molecule has 4 rings (SSSR count). The molecule has 1 fully saturated rings. The molecule has 1 aliphatic rings. The van der Waals surface area contributed by atoms with Gasteiger partial charge in [0.1, 0.15) is 4.90 Å². The summed E-state index contributed by atoms with van der Waals surface area (Å²) in [5, 5.41) is 0.628. The smallest absolute Gasteiger partial charge is 0.244 e. The summed E-state index contributed by atoms with van der Waals surface area (Å²) in [7, 11) is -1.57. The zero-order valence-electron chi connectivity index (χ0n) is 20.5. The number of pyridine rings is 1. The topological polar surface area (TPSA) is 73.8 Å². The van der Waals surface area contributed by atoms with Gasteiger partial charge >= 0.3 is 0 Å². The van der Waals surface area contributed by atoms with E-state index in [2.05, 4.69) is 22.0 Å². The first-order chi connectivity index (χ1) is 17.4. The van der Waals surface area contributed by atoms with Crippen molar-refractivity contribution in [3.05, 3.63) is 90.1 Å². The van der Waals surface area contributed by atoms with Gasteiger partial charge in [0.25, 0.3) is 0 Å². The van der Waals surface area contributed by atoms with Crippen LogP contribution in [0.5, 0.6) is 0 Å². The van der Waals surface area contributed by atoms with Crippen molar-refractivity contribution in [2.24, 2.45) is 0 Å². The number of thioether (sulfide) groups is 1. The predicted molar refractivity (Wildman–Crippen MR) is 143 cm³/mol. The van der Waals surface area contributed by atoms with Crippen molar-refractivity contribution in [3.8, 4) is 0 Å². The Labute approximate surface area is 218 Å². The van der Waals surface area contributed by atoms with Crippen molar-refractivity contribution in [1.29, 1.82) is 0 Å². The van der Waals surface area contributed by atoms with Gasteiger partial charge in [0.15, 0.2) is 0 Å². The van der Waals surface area contributed by atoms with Crippen LogP contribution in [0.15, 0.2) is 88.9 Å². The average molecular weight is 525 g/mol. The summed E-state index contributed by atoms with van der Waals surface area (Å²) in [6.07, 6.45) is 2.18. The van der Waals surface area contributed by atoms with Crippen LogP contribution in [-0.2, 0) is 27.8 Å². The molecular formula is C27H32N4O3S2. The van der Waals surface area contributed by atoms with Crippen LogP contribution in [0.25, 0.3) is 0 Å². The molecule has 0 atom stereocenters. The zero-order valence-corrected chi connectivity index (χ0v) is 22.1. The van der Waals surface area contributed by atoms with Crippen LogP contribution in [0, 0.1) is 0 Å². The Morgan fingerprint density at radius 2 is 1.56 bits per heavy atom. The number of hydrogen-bond acceptors (Lipinski definition) is 6. The van der Waals surface area contributed by atoms with Gasteiger partial charge in [-0.25, -0.2) is 13.4 Å². The van der Waals surface area contributed by atoms with Crippen molar-refractivity contribution < 1.29 is 13.2 Å². The third-order valence-electron chi connectivity index (χ3n) is 6.23. The Kier molecular flexibility index (Phi) is 9.14. The normalized spacial score (nSPS) is 15.0. The second kappa shape index (κ2) is 12.5. The molecule has 2 aromatic carbocycles. The highest BCUT2D eigenvalue weighted by molar-refractivity contribution is 7.99. The van der Waals surface area contributed by atoms with Crippen LogP contribution in [0.2, 0.25) is 0 Å². The maximum Gasteiger partial charge on any atom is 0.244 e. The van der Waals surface area contributed by atoms with Crippen molar-refractivity contribution in [1.82, 2.24) is 19.1 Å². The summed E-state index contributed by atoms with van der Waals surface area (Å²) < 4.78 is 27.4. The molecule has 0 radical (unpaired) electrons. The molecule has 9 heteroatoms. The summed E-state index contributed by atoms with van der Waals surface area (Å²) in [5.41, 5.74) is 2.27. The number of amides is 1. The molecule has 7 nitrogen and oxygen atoms in total. The molecule has 0 unspecified atom stereocenters. The molecule has 3 aromatic rings. The average Bonchev–Trinajstić information content (AvgIpc) is 2.91. The van der Waals surface area contributed by atoms with Crippen LogP contribution in [0.3, 0.4) is 0 Å². The number of benzene rings is 2. The number of hydrogen-bond donors (Lipinski definition) is 0. The van der Waals surface area contributed by atoms with E-state index < -0.39 is 10.0 Å². The van der Waals surface area contributed by atoms with Crippen molar-refractivity contribution in [2.45, 2.75) is 22.9 Å². The standard InChI is InChI=1S/C27H32N4O3S2/c1-29-16-18-31(19-17-29)36(33,34)25-12-13-26(28-20-25)35-22-27(32)30(21-24-10-6-3-7-11-24)15-14-23-8-4-2-5-9-23/h2-13,20H,14-19,21-22H2,1H3. The minimum Gasteiger partial charge on any atom is -0.337 e. The monoisotopic (exact) mass is 524 g/mol. The van der Waals surface area contributed by atoms with E-state index in [1.807, 2.05) is 60.5 Å². The van der Waals surface area contributed by atoms with E-state index in [-0.39, 0.29) is 16.6 Å². The first-order valence-electron chi connectivity index (χ1n) is 12.0. The minimum atomic E-state index is -3.56. The molecule has 1 aliphatic heterocycles. The number of aromatic nitrogens is 1. The third-order valence-corrected chi connectivity index (χ3v) is 9.05. The molecule has 2 heterocycles. The van der Waals surface area contributed by atoms with Crippen molar-refractivity contribution >= 4 is 27.7 Å². The van der Waals surface area contributed by atoms with Crippen LogP contribution < -0.4 is 0 Å². The van der Waals surface area contributed by atoms with Crippen LogP contribution >= 0.6 is 11.8 Å². The maximum absolute atomic E-state index is 13.2. The Morgan fingerprint density at radius 3 is 2.17 bits per heavy atom. The van der Waals surface area contributed by atoms with E-state index in [4.69, 9.17) is 0 Å². The Hall–Kier alpha value is -2.72. The molecule has 0 N–H and O–H groups in total. The molecule has 1 amide bonds. The summed E-state index contributed by atoms with van der Waals surface area (Å²) in [6, 6.07) is 23.4. The highest BCUT2D eigenvalue weighted by Crippen LogP contribution is 2.21. The summed E-state index contributed by atoms with van der Waals surface area (Å²) in [6.45, 7) is 3.55. The lowest BCUT2D eigenvalue weighted by molar-refractivity contribution is -0.128. The molecule has 36 heavy (non-hydrogen) atoms. The maximum atomic E-state index is 13.2. The van der Waals surface area contributed by atoms with E-state index in [0.717, 1.165) is 12.0 Å². The van der Waals surface area contributed by atoms with E-state index in [9.17, 15) is 13.2 Å². The predicted octanol–water partition coefficient (Wildman–Crippen LogP) is 3.38. The molecule has 0 spiro atoms. The summed E-state index contributed by atoms with van der Waals surface area (Å²) >= 11 is 1.33. The first kappa shape index (κ1) is 26.3. The molecule has 1 saturated heterocycles. The quantitative estimate of drug-likeness (QED) is 0.379. The fraction of sp³-hybridized carbons (Fsp3) is 0.333. The Morgan fingerprint density at radius 1 is 0.917 bits per heavy atom. The van der Waals surface area contributed by atoms with Gasteiger partial charge in [-0.15, -0.1) is 0 Å². The Bertz CT molecular complexity index is 1210. The van der Waals surface area contributed by atoms with Gasteiger partial charge in [0.2, 0.25) is 15.9 Å². The lowest BCUT2D eigenvalue weighted by Crippen LogP contribution is -2.47. The molecule has 1 aromatic heterocycles. The number of piperazine rings is 1. The van der Waals surface area contributed by atoms with E-state index in [1.165, 1.54) is 27.8 Å². The van der Waals surface area contributed by atoms with Crippen LogP contribution in [0.1, 0.15) is 11.1 Å². The number of carbonyl (C=O) groups excluding carboxylic acids is 1. The lowest BCUT2D eigenvalue weighted by atomic mass is 10.1. The number of sulfonamides is 1. The SMILES string of the molecule is CN1CCN(S(=O)(=O)c2ccc(SCC(=O)N(CCc3ccccc3)Cc3ccccc3)nc2)CC1. The lowest BCUT2D eigenvalue weighted by Gasteiger charge is -2.31. The van der Waals surface area contributed by atoms with E-state index >= 15 is 0 Å². The zero-order chi connectivity index (χ0) is 25.4. The van der Waals surface area contributed by atoms with Crippen molar-refractivity contribution in [3.63, 3.8) is 0 Å². The number of rotatable bonds is 10. The number of nitrogens with zero attached hydrogens (tertiary/aromatic N) is 4. The molecule has 190 valence electrons.